The quantitative estimate of drug-likeness (QED) is 0.181. The first-order valence-electron chi connectivity index (χ1n) is 13.6. The molecule has 214 valence electrons. The second kappa shape index (κ2) is 11.0. The third-order valence-corrected chi connectivity index (χ3v) is 9.76. The van der Waals surface area contributed by atoms with Gasteiger partial charge in [0.15, 0.2) is 5.82 Å². The Balaban J connectivity index is 1.63. The Morgan fingerprint density at radius 3 is 2.71 bits per heavy atom. The Kier molecular flexibility index (Phi) is 7.36. The SMILES string of the molecule is CC(CC(N)=O)C(C)(c1c2ccocc-2c(Br)c1-c1ccccc1-c1nnn[nH]1)C1CCc2cc(Cl)ccc2NC1=O. The van der Waals surface area contributed by atoms with Crippen LogP contribution in [0.4, 0.5) is 5.69 Å². The molecule has 11 heteroatoms. The van der Waals surface area contributed by atoms with Crippen LogP contribution in [0.25, 0.3) is 33.6 Å². The van der Waals surface area contributed by atoms with Crippen molar-refractivity contribution in [2.75, 3.05) is 5.32 Å². The van der Waals surface area contributed by atoms with Crippen LogP contribution in [0.2, 0.25) is 5.02 Å². The summed E-state index contributed by atoms with van der Waals surface area (Å²) in [5.41, 5.74) is 11.8. The fraction of sp³-hybridized carbons (Fsp3) is 0.258. The molecule has 0 fully saturated rings. The molecule has 3 atom stereocenters. The number of carbonyl (C=O) groups is 2. The number of nitrogens with zero attached hydrogens (tertiary/aromatic N) is 3. The van der Waals surface area contributed by atoms with Gasteiger partial charge >= 0.3 is 0 Å². The number of hydrogen-bond acceptors (Lipinski definition) is 6. The van der Waals surface area contributed by atoms with Crippen molar-refractivity contribution in [2.24, 2.45) is 17.6 Å². The van der Waals surface area contributed by atoms with Gasteiger partial charge in [-0.1, -0.05) is 49.7 Å². The van der Waals surface area contributed by atoms with Gasteiger partial charge in [0.1, 0.15) is 0 Å². The lowest BCUT2D eigenvalue weighted by Gasteiger charge is -2.43. The fourth-order valence-electron chi connectivity index (χ4n) is 6.52. The monoisotopic (exact) mass is 646 g/mol. The van der Waals surface area contributed by atoms with Crippen LogP contribution < -0.4 is 11.1 Å². The minimum atomic E-state index is -0.862. The average Bonchev–Trinajstić information content (AvgIpc) is 3.57. The number of aromatic amines is 1. The number of hydrogen-bond donors (Lipinski definition) is 3. The van der Waals surface area contributed by atoms with Gasteiger partial charge in [-0.05, 0) is 91.6 Å². The number of nitrogens with two attached hydrogens (primary N) is 1. The summed E-state index contributed by atoms with van der Waals surface area (Å²) in [6, 6.07) is 15.2. The molecule has 2 amide bonds. The standard InChI is InChI=1S/C31H28BrClN6O3/c1-16(13-25(34)40)31(2,23-9-7-17-14-18(33)8-10-24(17)35-30(23)41)27-20-11-12-42-15-22(20)28(32)26(27)19-5-3-4-6-21(19)29-36-38-39-37-29/h3-6,8,10-12,14-16,23H,7,9,13H2,1-2H3,(H2,34,40)(H,35,41)(H,36,37,38,39). The molecule has 0 radical (unpaired) electrons. The van der Waals surface area contributed by atoms with E-state index in [1.165, 1.54) is 0 Å². The number of fused-ring (bicyclic) bond motifs is 2. The molecule has 2 aliphatic heterocycles. The first-order valence-corrected chi connectivity index (χ1v) is 14.8. The van der Waals surface area contributed by atoms with Crippen LogP contribution in [0, 0.1) is 11.8 Å². The topological polar surface area (TPSA) is 140 Å². The number of halogens is 2. The maximum Gasteiger partial charge on any atom is 0.228 e. The van der Waals surface area contributed by atoms with E-state index in [2.05, 4.69) is 48.8 Å². The number of amides is 2. The third-order valence-electron chi connectivity index (χ3n) is 8.70. The van der Waals surface area contributed by atoms with Crippen molar-refractivity contribution >= 4 is 45.0 Å². The molecule has 2 aromatic carbocycles. The van der Waals surface area contributed by atoms with Gasteiger partial charge in [0.25, 0.3) is 0 Å². The molecule has 0 spiro atoms. The van der Waals surface area contributed by atoms with E-state index in [0.29, 0.717) is 23.7 Å². The molecular formula is C31H28BrClN6O3. The third kappa shape index (κ3) is 4.68. The second-order valence-electron chi connectivity index (χ2n) is 11.0. The Morgan fingerprint density at radius 1 is 1.19 bits per heavy atom. The van der Waals surface area contributed by atoms with Crippen LogP contribution in [0.1, 0.15) is 37.8 Å². The predicted octanol–water partition coefficient (Wildman–Crippen LogP) is 6.62. The number of anilines is 1. The Bertz CT molecular complexity index is 1770. The zero-order valence-corrected chi connectivity index (χ0v) is 25.3. The highest BCUT2D eigenvalue weighted by molar-refractivity contribution is 9.10. The van der Waals surface area contributed by atoms with Crippen molar-refractivity contribution in [3.63, 3.8) is 0 Å². The van der Waals surface area contributed by atoms with E-state index in [4.69, 9.17) is 21.8 Å². The number of H-pyrrole nitrogens is 1. The van der Waals surface area contributed by atoms with Crippen molar-refractivity contribution < 1.29 is 14.0 Å². The predicted molar refractivity (Wildman–Crippen MR) is 164 cm³/mol. The molecule has 0 saturated carbocycles. The summed E-state index contributed by atoms with van der Waals surface area (Å²) in [5, 5.41) is 18.4. The Labute approximate surface area is 255 Å². The maximum absolute atomic E-state index is 14.2. The molecule has 9 nitrogen and oxygen atoms in total. The summed E-state index contributed by atoms with van der Waals surface area (Å²) in [7, 11) is 0. The van der Waals surface area contributed by atoms with Gasteiger partial charge in [0, 0.05) is 49.6 Å². The number of aryl methyl sites for hydroxylation is 1. The van der Waals surface area contributed by atoms with Crippen molar-refractivity contribution in [2.45, 2.75) is 38.5 Å². The lowest BCUT2D eigenvalue weighted by Crippen LogP contribution is -2.46. The van der Waals surface area contributed by atoms with Crippen LogP contribution in [-0.2, 0) is 21.4 Å². The number of nitrogens with one attached hydrogen (secondary N) is 2. The van der Waals surface area contributed by atoms with Crippen molar-refractivity contribution in [3.8, 4) is 33.6 Å². The van der Waals surface area contributed by atoms with Crippen molar-refractivity contribution in [1.82, 2.24) is 20.6 Å². The minimum Gasteiger partial charge on any atom is -0.472 e. The lowest BCUT2D eigenvalue weighted by molar-refractivity contribution is -0.125. The van der Waals surface area contributed by atoms with Gasteiger partial charge in [0.2, 0.25) is 11.8 Å². The number of rotatable bonds is 7. The molecule has 1 aliphatic carbocycles. The highest BCUT2D eigenvalue weighted by Crippen LogP contribution is 2.57. The summed E-state index contributed by atoms with van der Waals surface area (Å²) in [6.45, 7) is 4.06. The van der Waals surface area contributed by atoms with Crippen molar-refractivity contribution in [1.29, 1.82) is 0 Å². The molecule has 4 N–H and O–H groups in total. The van der Waals surface area contributed by atoms with E-state index in [0.717, 1.165) is 49.1 Å². The van der Waals surface area contributed by atoms with Crippen molar-refractivity contribution in [3.05, 3.63) is 81.7 Å². The highest BCUT2D eigenvalue weighted by atomic mass is 79.9. The van der Waals surface area contributed by atoms with Gasteiger partial charge in [0.05, 0.1) is 12.5 Å². The normalized spacial score (nSPS) is 17.2. The molecule has 3 unspecified atom stereocenters. The Hall–Kier alpha value is -4.02. The highest BCUT2D eigenvalue weighted by Gasteiger charge is 2.49. The number of tetrazole rings is 1. The van der Waals surface area contributed by atoms with Crippen LogP contribution >= 0.6 is 27.5 Å². The van der Waals surface area contributed by atoms with Crippen LogP contribution in [0.3, 0.4) is 0 Å². The average molecular weight is 648 g/mol. The summed E-state index contributed by atoms with van der Waals surface area (Å²) in [5.74, 6) is -0.893. The van der Waals surface area contributed by atoms with Gasteiger partial charge in [-0.2, -0.15) is 0 Å². The molecule has 6 rings (SSSR count). The van der Waals surface area contributed by atoms with Gasteiger partial charge < -0.3 is 15.5 Å². The molecule has 0 bridgehead atoms. The summed E-state index contributed by atoms with van der Waals surface area (Å²) >= 11 is 10.2. The number of benzene rings is 2. The number of primary amides is 1. The maximum atomic E-state index is 14.2. The largest absolute Gasteiger partial charge is 0.472 e. The molecule has 3 heterocycles. The van der Waals surface area contributed by atoms with E-state index in [1.54, 1.807) is 18.6 Å². The summed E-state index contributed by atoms with van der Waals surface area (Å²) in [4.78, 5) is 26.6. The molecular weight excluding hydrogens is 620 g/mol. The first-order chi connectivity index (χ1) is 20.2. The van der Waals surface area contributed by atoms with E-state index >= 15 is 0 Å². The van der Waals surface area contributed by atoms with Crippen LogP contribution in [-0.4, -0.2) is 32.4 Å². The molecule has 3 aromatic rings. The van der Waals surface area contributed by atoms with Gasteiger partial charge in [-0.25, -0.2) is 5.10 Å². The Morgan fingerprint density at radius 2 is 1.98 bits per heavy atom. The van der Waals surface area contributed by atoms with Gasteiger partial charge in [-0.3, -0.25) is 9.59 Å². The molecule has 42 heavy (non-hydrogen) atoms. The summed E-state index contributed by atoms with van der Waals surface area (Å²) in [6.07, 6.45) is 4.57. The van der Waals surface area contributed by atoms with Crippen LogP contribution in [0.5, 0.6) is 0 Å². The lowest BCUT2D eigenvalue weighted by atomic mass is 9.60. The molecule has 0 saturated heterocycles. The smallest absolute Gasteiger partial charge is 0.228 e. The zero-order valence-electron chi connectivity index (χ0n) is 22.9. The first kappa shape index (κ1) is 28.1. The van der Waals surface area contributed by atoms with Crippen LogP contribution in [0.15, 0.2) is 69.9 Å². The van der Waals surface area contributed by atoms with E-state index in [-0.39, 0.29) is 18.2 Å². The van der Waals surface area contributed by atoms with E-state index in [1.807, 2.05) is 49.4 Å². The number of aromatic nitrogens is 4. The fourth-order valence-corrected chi connectivity index (χ4v) is 7.43. The zero-order chi connectivity index (χ0) is 29.6. The number of carbonyl (C=O) groups excluding carboxylic acids is 2. The summed E-state index contributed by atoms with van der Waals surface area (Å²) < 4.78 is 6.43. The molecule has 3 aliphatic rings. The molecule has 1 aromatic heterocycles. The van der Waals surface area contributed by atoms with E-state index in [9.17, 15) is 9.59 Å². The second-order valence-corrected chi connectivity index (χ2v) is 12.2. The van der Waals surface area contributed by atoms with E-state index < -0.39 is 17.2 Å². The minimum absolute atomic E-state index is 0.0909. The van der Waals surface area contributed by atoms with Gasteiger partial charge in [-0.15, -0.1) is 5.10 Å².